The van der Waals surface area contributed by atoms with E-state index in [1.807, 2.05) is 0 Å². The van der Waals surface area contributed by atoms with Crippen LogP contribution in [0.25, 0.3) is 0 Å². The van der Waals surface area contributed by atoms with Crippen molar-refractivity contribution in [2.24, 2.45) is 0 Å². The lowest BCUT2D eigenvalue weighted by Gasteiger charge is -2.25. The van der Waals surface area contributed by atoms with Crippen molar-refractivity contribution in [3.05, 3.63) is 53.6 Å². The van der Waals surface area contributed by atoms with E-state index in [-0.39, 0.29) is 17.0 Å². The Kier molecular flexibility index (Phi) is 4.13. The van der Waals surface area contributed by atoms with Gasteiger partial charge in [-0.2, -0.15) is 5.26 Å². The van der Waals surface area contributed by atoms with E-state index in [2.05, 4.69) is 6.07 Å². The zero-order chi connectivity index (χ0) is 16.4. The molecule has 1 heterocycles. The number of hydrogen-bond acceptors (Lipinski definition) is 5. The van der Waals surface area contributed by atoms with Crippen molar-refractivity contribution < 1.29 is 14.6 Å². The predicted molar refractivity (Wildman–Crippen MR) is 88.5 cm³/mol. The molecule has 1 fully saturated rings. The Morgan fingerprint density at radius 2 is 2.04 bits per heavy atom. The normalized spacial score (nSPS) is 17.1. The van der Waals surface area contributed by atoms with Gasteiger partial charge in [-0.3, -0.25) is 9.69 Å². The number of carbonyl (C=O) groups excluding carboxylic acids is 1. The molecule has 116 valence electrons. The number of nitrogens with zero attached hydrogens (tertiary/aromatic N) is 2. The van der Waals surface area contributed by atoms with Crippen LogP contribution in [-0.4, -0.2) is 23.9 Å². The summed E-state index contributed by atoms with van der Waals surface area (Å²) in [6.45, 7) is 0. The zero-order valence-corrected chi connectivity index (χ0v) is 13.2. The minimum Gasteiger partial charge on any atom is -0.507 e. The van der Waals surface area contributed by atoms with Crippen molar-refractivity contribution in [2.75, 3.05) is 17.8 Å². The smallest absolute Gasteiger partial charge is 0.238 e. The van der Waals surface area contributed by atoms with Gasteiger partial charge in [0.2, 0.25) is 5.91 Å². The molecule has 2 aromatic carbocycles. The summed E-state index contributed by atoms with van der Waals surface area (Å²) in [6, 6.07) is 14.0. The van der Waals surface area contributed by atoms with Crippen LogP contribution in [0.3, 0.4) is 0 Å². The summed E-state index contributed by atoms with van der Waals surface area (Å²) in [4.78, 5) is 13.9. The first kappa shape index (κ1) is 15.3. The lowest BCUT2D eigenvalue weighted by molar-refractivity contribution is -0.115. The molecule has 1 atom stereocenters. The van der Waals surface area contributed by atoms with E-state index in [0.717, 1.165) is 0 Å². The van der Waals surface area contributed by atoms with Gasteiger partial charge in [0.15, 0.2) is 0 Å². The summed E-state index contributed by atoms with van der Waals surface area (Å²) < 4.78 is 5.09. The molecule has 1 saturated heterocycles. The molecule has 1 aliphatic rings. The number of hydrogen-bond donors (Lipinski definition) is 1. The molecule has 3 rings (SSSR count). The number of phenols is 1. The predicted octanol–water partition coefficient (Wildman–Crippen LogP) is 3.05. The van der Waals surface area contributed by atoms with Crippen LogP contribution in [0.1, 0.15) is 16.5 Å². The van der Waals surface area contributed by atoms with E-state index in [0.29, 0.717) is 28.3 Å². The summed E-state index contributed by atoms with van der Waals surface area (Å²) in [5.41, 5.74) is 1.90. The number of ether oxygens (including phenoxy) is 1. The van der Waals surface area contributed by atoms with Crippen molar-refractivity contribution in [3.63, 3.8) is 0 Å². The van der Waals surface area contributed by atoms with Gasteiger partial charge in [0.25, 0.3) is 0 Å². The van der Waals surface area contributed by atoms with Crippen LogP contribution < -0.4 is 9.64 Å². The third-order valence-corrected chi connectivity index (χ3v) is 4.84. The third-order valence-electron chi connectivity index (χ3n) is 3.65. The molecule has 0 aliphatic carbocycles. The Morgan fingerprint density at radius 3 is 2.65 bits per heavy atom. The largest absolute Gasteiger partial charge is 0.507 e. The number of aromatic hydroxyl groups is 1. The van der Waals surface area contributed by atoms with Crippen LogP contribution in [0.2, 0.25) is 0 Å². The van der Waals surface area contributed by atoms with Crippen LogP contribution in [0, 0.1) is 11.3 Å². The standard InChI is InChI=1S/C17H14N2O3S/c1-22-13-6-7-14(15(20)8-13)17-19(16(21)10-23-17)12-4-2-11(9-18)3-5-12/h2-8,17,20H,10H2,1H3. The van der Waals surface area contributed by atoms with E-state index < -0.39 is 0 Å². The highest BCUT2D eigenvalue weighted by Crippen LogP contribution is 2.45. The minimum absolute atomic E-state index is 0.0278. The molecule has 23 heavy (non-hydrogen) atoms. The zero-order valence-electron chi connectivity index (χ0n) is 12.4. The van der Waals surface area contributed by atoms with Crippen LogP contribution in [0.5, 0.6) is 11.5 Å². The Labute approximate surface area is 138 Å². The Balaban J connectivity index is 1.98. The maximum absolute atomic E-state index is 12.3. The quantitative estimate of drug-likeness (QED) is 0.938. The van der Waals surface area contributed by atoms with Crippen LogP contribution in [0.4, 0.5) is 5.69 Å². The molecule has 1 aliphatic heterocycles. The highest BCUT2D eigenvalue weighted by molar-refractivity contribution is 8.00. The number of thioether (sulfide) groups is 1. The highest BCUT2D eigenvalue weighted by atomic mass is 32.2. The van der Waals surface area contributed by atoms with Gasteiger partial charge in [-0.1, -0.05) is 0 Å². The number of amides is 1. The third kappa shape index (κ3) is 2.83. The number of phenolic OH excluding ortho intramolecular Hbond substituents is 1. The first-order chi connectivity index (χ1) is 11.1. The monoisotopic (exact) mass is 326 g/mol. The number of methoxy groups -OCH3 is 1. The molecule has 1 unspecified atom stereocenters. The van der Waals surface area contributed by atoms with E-state index in [9.17, 15) is 9.90 Å². The van der Waals surface area contributed by atoms with E-state index in [4.69, 9.17) is 10.00 Å². The van der Waals surface area contributed by atoms with E-state index in [1.54, 1.807) is 41.3 Å². The lowest BCUT2D eigenvalue weighted by Crippen LogP contribution is -2.27. The fraction of sp³-hybridized carbons (Fsp3) is 0.176. The summed E-state index contributed by atoms with van der Waals surface area (Å²) in [5, 5.41) is 18.8. The first-order valence-corrected chi connectivity index (χ1v) is 7.99. The van der Waals surface area contributed by atoms with Crippen LogP contribution >= 0.6 is 11.8 Å². The SMILES string of the molecule is COc1ccc(C2SCC(=O)N2c2ccc(C#N)cc2)c(O)c1. The second-order valence-corrected chi connectivity index (χ2v) is 6.08. The fourth-order valence-corrected chi connectivity index (χ4v) is 3.70. The molecule has 0 radical (unpaired) electrons. The number of nitriles is 1. The van der Waals surface area contributed by atoms with Crippen molar-refractivity contribution >= 4 is 23.4 Å². The first-order valence-electron chi connectivity index (χ1n) is 6.95. The molecule has 1 amide bonds. The summed E-state index contributed by atoms with van der Waals surface area (Å²) in [5.74, 6) is 0.969. The Morgan fingerprint density at radius 1 is 1.30 bits per heavy atom. The maximum Gasteiger partial charge on any atom is 0.238 e. The number of carbonyl (C=O) groups is 1. The van der Waals surface area contributed by atoms with Gasteiger partial charge in [0, 0.05) is 17.3 Å². The van der Waals surface area contributed by atoms with Gasteiger partial charge in [-0.15, -0.1) is 11.8 Å². The molecular formula is C17H14N2O3S. The Hall–Kier alpha value is -2.65. The van der Waals surface area contributed by atoms with E-state index in [1.165, 1.54) is 24.9 Å². The van der Waals surface area contributed by atoms with Crippen LogP contribution in [-0.2, 0) is 4.79 Å². The molecule has 1 N–H and O–H groups in total. The summed E-state index contributed by atoms with van der Waals surface area (Å²) >= 11 is 1.45. The maximum atomic E-state index is 12.3. The molecule has 0 spiro atoms. The average Bonchev–Trinajstić information content (AvgIpc) is 2.96. The molecule has 2 aromatic rings. The van der Waals surface area contributed by atoms with Gasteiger partial charge < -0.3 is 9.84 Å². The van der Waals surface area contributed by atoms with Gasteiger partial charge in [0.1, 0.15) is 16.9 Å². The lowest BCUT2D eigenvalue weighted by atomic mass is 10.1. The van der Waals surface area contributed by atoms with Crippen molar-refractivity contribution in [1.29, 1.82) is 5.26 Å². The van der Waals surface area contributed by atoms with Gasteiger partial charge >= 0.3 is 0 Å². The number of anilines is 1. The van der Waals surface area contributed by atoms with Gasteiger partial charge in [0.05, 0.1) is 24.5 Å². The van der Waals surface area contributed by atoms with Gasteiger partial charge in [-0.05, 0) is 36.4 Å². The van der Waals surface area contributed by atoms with Crippen LogP contribution in [0.15, 0.2) is 42.5 Å². The molecule has 0 saturated carbocycles. The topological polar surface area (TPSA) is 73.6 Å². The van der Waals surface area contributed by atoms with Crippen molar-refractivity contribution in [3.8, 4) is 17.6 Å². The fourth-order valence-electron chi connectivity index (χ4n) is 2.49. The molecule has 0 bridgehead atoms. The second-order valence-electron chi connectivity index (χ2n) is 5.01. The molecule has 0 aromatic heterocycles. The number of benzene rings is 2. The molecular weight excluding hydrogens is 312 g/mol. The number of rotatable bonds is 3. The van der Waals surface area contributed by atoms with E-state index >= 15 is 0 Å². The van der Waals surface area contributed by atoms with Crippen molar-refractivity contribution in [2.45, 2.75) is 5.37 Å². The average molecular weight is 326 g/mol. The van der Waals surface area contributed by atoms with Gasteiger partial charge in [-0.25, -0.2) is 0 Å². The Bertz CT molecular complexity index is 783. The second kappa shape index (κ2) is 6.23. The molecule has 5 nitrogen and oxygen atoms in total. The highest BCUT2D eigenvalue weighted by Gasteiger charge is 2.35. The summed E-state index contributed by atoms with van der Waals surface area (Å²) in [7, 11) is 1.53. The minimum atomic E-state index is -0.304. The molecule has 6 heteroatoms. The van der Waals surface area contributed by atoms with Crippen molar-refractivity contribution in [1.82, 2.24) is 0 Å². The summed E-state index contributed by atoms with van der Waals surface area (Å²) in [6.07, 6.45) is 0.